The molecule has 0 aromatic heterocycles. The van der Waals surface area contributed by atoms with Crippen molar-refractivity contribution in [1.82, 2.24) is 10.2 Å². The van der Waals surface area contributed by atoms with Crippen LogP contribution in [0.5, 0.6) is 5.75 Å². The molecule has 126 valence electrons. The smallest absolute Gasteiger partial charge is 0.311 e. The topological polar surface area (TPSA) is 84.7 Å². The number of nitro groups is 1. The van der Waals surface area contributed by atoms with Crippen LogP contribution in [0.4, 0.5) is 5.69 Å². The fraction of sp³-hybridized carbons (Fsp3) is 0.562. The number of benzene rings is 1. The first-order valence-corrected chi connectivity index (χ1v) is 7.83. The molecule has 0 aliphatic carbocycles. The Morgan fingerprint density at radius 3 is 2.87 bits per heavy atom. The highest BCUT2D eigenvalue weighted by Gasteiger charge is 2.25. The van der Waals surface area contributed by atoms with Crippen molar-refractivity contribution >= 4 is 11.6 Å². The molecule has 1 aromatic rings. The molecule has 2 rings (SSSR count). The number of amides is 1. The van der Waals surface area contributed by atoms with E-state index in [4.69, 9.17) is 4.74 Å². The van der Waals surface area contributed by atoms with Crippen molar-refractivity contribution in [3.8, 4) is 5.75 Å². The van der Waals surface area contributed by atoms with Crippen LogP contribution in [0.25, 0.3) is 0 Å². The molecule has 1 heterocycles. The summed E-state index contributed by atoms with van der Waals surface area (Å²) in [7, 11) is 1.79. The SMILES string of the molecule is CCOc1ccc([C@H](C)N[C@H]2CCC(=O)N(C)C2)cc1[N+](=O)[O-]. The van der Waals surface area contributed by atoms with Crippen LogP contribution in [0, 0.1) is 10.1 Å². The zero-order chi connectivity index (χ0) is 17.0. The largest absolute Gasteiger partial charge is 0.487 e. The zero-order valence-electron chi connectivity index (χ0n) is 13.7. The van der Waals surface area contributed by atoms with Gasteiger partial charge in [0, 0.05) is 38.2 Å². The van der Waals surface area contributed by atoms with Crippen molar-refractivity contribution in [3.05, 3.63) is 33.9 Å². The Morgan fingerprint density at radius 2 is 2.26 bits per heavy atom. The van der Waals surface area contributed by atoms with Gasteiger partial charge in [-0.05, 0) is 31.9 Å². The van der Waals surface area contributed by atoms with E-state index in [0.29, 0.717) is 19.6 Å². The number of piperidine rings is 1. The third-order valence-electron chi connectivity index (χ3n) is 4.09. The number of ether oxygens (including phenoxy) is 1. The molecule has 0 spiro atoms. The molecule has 7 heteroatoms. The maximum absolute atomic E-state index is 11.5. The number of hydrogen-bond donors (Lipinski definition) is 1. The molecule has 1 aliphatic heterocycles. The van der Waals surface area contributed by atoms with E-state index in [1.807, 2.05) is 13.0 Å². The van der Waals surface area contributed by atoms with Crippen molar-refractivity contribution < 1.29 is 14.5 Å². The summed E-state index contributed by atoms with van der Waals surface area (Å²) in [5.74, 6) is 0.448. The van der Waals surface area contributed by atoms with Gasteiger partial charge in [-0.2, -0.15) is 0 Å². The molecule has 23 heavy (non-hydrogen) atoms. The van der Waals surface area contributed by atoms with Gasteiger partial charge < -0.3 is 15.0 Å². The van der Waals surface area contributed by atoms with Crippen LogP contribution in [0.3, 0.4) is 0 Å². The monoisotopic (exact) mass is 321 g/mol. The van der Waals surface area contributed by atoms with Crippen LogP contribution in [0.15, 0.2) is 18.2 Å². The quantitative estimate of drug-likeness (QED) is 0.642. The number of carbonyl (C=O) groups is 1. The van der Waals surface area contributed by atoms with E-state index in [1.54, 1.807) is 31.0 Å². The van der Waals surface area contributed by atoms with Gasteiger partial charge in [0.1, 0.15) is 0 Å². The lowest BCUT2D eigenvalue weighted by Crippen LogP contribution is -2.47. The number of nitrogens with one attached hydrogen (secondary N) is 1. The van der Waals surface area contributed by atoms with Crippen LogP contribution >= 0.6 is 0 Å². The highest BCUT2D eigenvalue weighted by molar-refractivity contribution is 5.76. The van der Waals surface area contributed by atoms with E-state index >= 15 is 0 Å². The van der Waals surface area contributed by atoms with Crippen molar-refractivity contribution in [2.75, 3.05) is 20.2 Å². The van der Waals surface area contributed by atoms with E-state index in [2.05, 4.69) is 5.32 Å². The summed E-state index contributed by atoms with van der Waals surface area (Å²) in [4.78, 5) is 24.0. The minimum atomic E-state index is -0.422. The summed E-state index contributed by atoms with van der Waals surface area (Å²) in [5, 5.41) is 14.6. The van der Waals surface area contributed by atoms with Crippen molar-refractivity contribution in [2.24, 2.45) is 0 Å². The molecular weight excluding hydrogens is 298 g/mol. The minimum absolute atomic E-state index is 0.0195. The molecular formula is C16H23N3O4. The number of carbonyl (C=O) groups excluding carboxylic acids is 1. The maximum Gasteiger partial charge on any atom is 0.311 e. The number of rotatable bonds is 6. The lowest BCUT2D eigenvalue weighted by Gasteiger charge is -2.32. The van der Waals surface area contributed by atoms with Gasteiger partial charge in [0.05, 0.1) is 11.5 Å². The lowest BCUT2D eigenvalue weighted by molar-refractivity contribution is -0.385. The summed E-state index contributed by atoms with van der Waals surface area (Å²) in [6.07, 6.45) is 1.32. The molecule has 1 N–H and O–H groups in total. The van der Waals surface area contributed by atoms with Gasteiger partial charge in [-0.25, -0.2) is 0 Å². The highest BCUT2D eigenvalue weighted by Crippen LogP contribution is 2.30. The van der Waals surface area contributed by atoms with Gasteiger partial charge in [-0.3, -0.25) is 14.9 Å². The van der Waals surface area contributed by atoms with Gasteiger partial charge in [0.15, 0.2) is 5.75 Å². The summed E-state index contributed by atoms with van der Waals surface area (Å²) in [6, 6.07) is 5.19. The molecule has 0 unspecified atom stereocenters. The van der Waals surface area contributed by atoms with Crippen LogP contribution in [0.2, 0.25) is 0 Å². The molecule has 7 nitrogen and oxygen atoms in total. The Bertz CT molecular complexity index is 591. The second kappa shape index (κ2) is 7.41. The molecule has 2 atom stereocenters. The Labute approximate surface area is 135 Å². The molecule has 0 bridgehead atoms. The van der Waals surface area contributed by atoms with Crippen LogP contribution in [-0.2, 0) is 4.79 Å². The number of nitro benzene ring substituents is 1. The number of likely N-dealkylation sites (tertiary alicyclic amines) is 1. The normalized spacial score (nSPS) is 19.5. The average molecular weight is 321 g/mol. The molecule has 1 fully saturated rings. The summed E-state index contributed by atoms with van der Waals surface area (Å²) >= 11 is 0. The predicted octanol–water partition coefficient (Wildman–Crippen LogP) is 2.26. The number of hydrogen-bond acceptors (Lipinski definition) is 5. The van der Waals surface area contributed by atoms with E-state index in [0.717, 1.165) is 12.0 Å². The van der Waals surface area contributed by atoms with Crippen molar-refractivity contribution in [2.45, 2.75) is 38.8 Å². The second-order valence-electron chi connectivity index (χ2n) is 5.82. The highest BCUT2D eigenvalue weighted by atomic mass is 16.6. The van der Waals surface area contributed by atoms with Crippen LogP contribution in [0.1, 0.15) is 38.3 Å². The molecule has 1 amide bonds. The Hall–Kier alpha value is -2.15. The standard InChI is InChI=1S/C16H23N3O4/c1-4-23-15-7-5-12(9-14(15)19(21)22)11(2)17-13-6-8-16(20)18(3)10-13/h5,7,9,11,13,17H,4,6,8,10H2,1-3H3/t11-,13-/m0/s1. The fourth-order valence-electron chi connectivity index (χ4n) is 2.82. The van der Waals surface area contributed by atoms with Crippen molar-refractivity contribution in [3.63, 3.8) is 0 Å². The minimum Gasteiger partial charge on any atom is -0.487 e. The first-order chi connectivity index (χ1) is 10.9. The van der Waals surface area contributed by atoms with Crippen molar-refractivity contribution in [1.29, 1.82) is 0 Å². The summed E-state index contributed by atoms with van der Waals surface area (Å²) in [5.41, 5.74) is 0.814. The number of likely N-dealkylation sites (N-methyl/N-ethyl adjacent to an activating group) is 1. The molecule has 1 saturated heterocycles. The summed E-state index contributed by atoms with van der Waals surface area (Å²) < 4.78 is 5.30. The molecule has 1 aliphatic rings. The third-order valence-corrected chi connectivity index (χ3v) is 4.09. The van der Waals surface area contributed by atoms with Gasteiger partial charge in [-0.1, -0.05) is 6.07 Å². The zero-order valence-corrected chi connectivity index (χ0v) is 13.7. The van der Waals surface area contributed by atoms with E-state index < -0.39 is 4.92 Å². The maximum atomic E-state index is 11.5. The molecule has 0 saturated carbocycles. The first-order valence-electron chi connectivity index (χ1n) is 7.83. The Kier molecular flexibility index (Phi) is 5.54. The number of nitrogens with zero attached hydrogens (tertiary/aromatic N) is 2. The summed E-state index contributed by atoms with van der Waals surface area (Å²) in [6.45, 7) is 4.80. The second-order valence-corrected chi connectivity index (χ2v) is 5.82. The third kappa shape index (κ3) is 4.19. The first kappa shape index (κ1) is 17.2. The Morgan fingerprint density at radius 1 is 1.52 bits per heavy atom. The fourth-order valence-corrected chi connectivity index (χ4v) is 2.82. The van der Waals surface area contributed by atoms with Gasteiger partial charge >= 0.3 is 5.69 Å². The van der Waals surface area contributed by atoms with E-state index in [9.17, 15) is 14.9 Å². The average Bonchev–Trinajstić information content (AvgIpc) is 2.51. The molecule has 0 radical (unpaired) electrons. The van der Waals surface area contributed by atoms with E-state index in [-0.39, 0.29) is 29.4 Å². The Balaban J connectivity index is 2.10. The van der Waals surface area contributed by atoms with Crippen LogP contribution < -0.4 is 10.1 Å². The van der Waals surface area contributed by atoms with Crippen LogP contribution in [-0.4, -0.2) is 42.0 Å². The lowest BCUT2D eigenvalue weighted by atomic mass is 10.0. The van der Waals surface area contributed by atoms with E-state index in [1.165, 1.54) is 0 Å². The molecule has 1 aromatic carbocycles. The van der Waals surface area contributed by atoms with Gasteiger partial charge in [-0.15, -0.1) is 0 Å². The predicted molar refractivity (Wildman–Crippen MR) is 86.5 cm³/mol. The van der Waals surface area contributed by atoms with Gasteiger partial charge in [0.2, 0.25) is 5.91 Å². The van der Waals surface area contributed by atoms with Gasteiger partial charge in [0.25, 0.3) is 0 Å².